The number of rotatable bonds is 5. The van der Waals surface area contributed by atoms with Crippen molar-refractivity contribution in [2.45, 2.75) is 19.8 Å². The van der Waals surface area contributed by atoms with Crippen molar-refractivity contribution < 1.29 is 14.6 Å². The second-order valence-corrected chi connectivity index (χ2v) is 3.68. The van der Waals surface area contributed by atoms with Gasteiger partial charge in [0.1, 0.15) is 12.4 Å². The standard InChI is InChI=1S/C11H17NO3/c1-8-2-3-10(15-5-4-13)6-9(8)7-11(12)14/h3,6,8,13H,2,4-5,7H2,1H3,(H2,12,14). The van der Waals surface area contributed by atoms with Gasteiger partial charge in [-0.15, -0.1) is 0 Å². The van der Waals surface area contributed by atoms with E-state index in [0.717, 1.165) is 17.8 Å². The molecule has 0 heterocycles. The fourth-order valence-electron chi connectivity index (χ4n) is 1.52. The molecule has 0 aliphatic heterocycles. The van der Waals surface area contributed by atoms with Gasteiger partial charge in [0.2, 0.25) is 5.91 Å². The Bertz CT molecular complexity index is 294. The Kier molecular flexibility index (Phi) is 4.37. The number of aliphatic hydroxyl groups is 1. The summed E-state index contributed by atoms with van der Waals surface area (Å²) in [6.45, 7) is 2.32. The summed E-state index contributed by atoms with van der Waals surface area (Å²) in [7, 11) is 0. The first-order chi connectivity index (χ1) is 7.13. The van der Waals surface area contributed by atoms with E-state index in [1.165, 1.54) is 0 Å². The maximum Gasteiger partial charge on any atom is 0.221 e. The molecule has 0 saturated heterocycles. The van der Waals surface area contributed by atoms with E-state index in [1.807, 2.05) is 19.1 Å². The molecule has 3 N–H and O–H groups in total. The highest BCUT2D eigenvalue weighted by atomic mass is 16.5. The molecule has 1 rings (SSSR count). The lowest BCUT2D eigenvalue weighted by Gasteiger charge is -2.19. The molecule has 1 unspecified atom stereocenters. The van der Waals surface area contributed by atoms with E-state index in [-0.39, 0.29) is 25.5 Å². The van der Waals surface area contributed by atoms with Crippen LogP contribution in [0.15, 0.2) is 23.5 Å². The van der Waals surface area contributed by atoms with Crippen LogP contribution in [0, 0.1) is 5.92 Å². The molecule has 1 aliphatic carbocycles. The zero-order valence-electron chi connectivity index (χ0n) is 8.90. The molecule has 0 saturated carbocycles. The maximum absolute atomic E-state index is 10.8. The van der Waals surface area contributed by atoms with E-state index in [9.17, 15) is 4.79 Å². The lowest BCUT2D eigenvalue weighted by molar-refractivity contribution is -0.117. The van der Waals surface area contributed by atoms with Crippen molar-refractivity contribution in [2.24, 2.45) is 11.7 Å². The number of hydrogen-bond acceptors (Lipinski definition) is 3. The second kappa shape index (κ2) is 5.56. The van der Waals surface area contributed by atoms with Crippen LogP contribution in [0.5, 0.6) is 0 Å². The Labute approximate surface area is 89.4 Å². The highest BCUT2D eigenvalue weighted by molar-refractivity contribution is 5.76. The molecule has 1 amide bonds. The maximum atomic E-state index is 10.8. The van der Waals surface area contributed by atoms with Crippen LogP contribution in [0.4, 0.5) is 0 Å². The fourth-order valence-corrected chi connectivity index (χ4v) is 1.52. The third kappa shape index (κ3) is 3.75. The average molecular weight is 211 g/mol. The lowest BCUT2D eigenvalue weighted by atomic mass is 9.90. The summed E-state index contributed by atoms with van der Waals surface area (Å²) in [5.74, 6) is 0.730. The summed E-state index contributed by atoms with van der Waals surface area (Å²) >= 11 is 0. The molecule has 15 heavy (non-hydrogen) atoms. The third-order valence-electron chi connectivity index (χ3n) is 2.37. The number of allylic oxidation sites excluding steroid dienone is 2. The monoisotopic (exact) mass is 211 g/mol. The van der Waals surface area contributed by atoms with Gasteiger partial charge in [0.05, 0.1) is 6.61 Å². The number of hydrogen-bond donors (Lipinski definition) is 2. The molecule has 4 nitrogen and oxygen atoms in total. The van der Waals surface area contributed by atoms with Crippen molar-refractivity contribution in [3.63, 3.8) is 0 Å². The summed E-state index contributed by atoms with van der Waals surface area (Å²) < 4.78 is 5.27. The van der Waals surface area contributed by atoms with Crippen LogP contribution in [0.3, 0.4) is 0 Å². The largest absolute Gasteiger partial charge is 0.492 e. The van der Waals surface area contributed by atoms with Gasteiger partial charge in [0.15, 0.2) is 0 Å². The van der Waals surface area contributed by atoms with Crippen LogP contribution in [0.2, 0.25) is 0 Å². The van der Waals surface area contributed by atoms with Crippen LogP contribution >= 0.6 is 0 Å². The summed E-state index contributed by atoms with van der Waals surface area (Å²) in [4.78, 5) is 10.8. The minimum absolute atomic E-state index is 0.00805. The van der Waals surface area contributed by atoms with E-state index in [4.69, 9.17) is 15.6 Å². The zero-order chi connectivity index (χ0) is 11.3. The van der Waals surface area contributed by atoms with Crippen molar-refractivity contribution in [3.05, 3.63) is 23.5 Å². The van der Waals surface area contributed by atoms with E-state index < -0.39 is 0 Å². The first-order valence-corrected chi connectivity index (χ1v) is 5.06. The molecule has 0 bridgehead atoms. The second-order valence-electron chi connectivity index (χ2n) is 3.68. The van der Waals surface area contributed by atoms with Crippen LogP contribution in [0.25, 0.3) is 0 Å². The summed E-state index contributed by atoms with van der Waals surface area (Å²) in [5.41, 5.74) is 6.15. The van der Waals surface area contributed by atoms with Crippen LogP contribution in [0.1, 0.15) is 19.8 Å². The molecule has 4 heteroatoms. The van der Waals surface area contributed by atoms with E-state index in [0.29, 0.717) is 5.92 Å². The smallest absolute Gasteiger partial charge is 0.221 e. The van der Waals surface area contributed by atoms with Crippen molar-refractivity contribution in [3.8, 4) is 0 Å². The molecule has 1 atom stereocenters. The first kappa shape index (κ1) is 11.8. The first-order valence-electron chi connectivity index (χ1n) is 5.06. The predicted octanol–water partition coefficient (Wildman–Crippen LogP) is 0.721. The summed E-state index contributed by atoms with van der Waals surface area (Å²) in [6, 6.07) is 0. The van der Waals surface area contributed by atoms with Gasteiger partial charge in [-0.1, -0.05) is 12.5 Å². The van der Waals surface area contributed by atoms with Gasteiger partial charge in [-0.3, -0.25) is 4.79 Å². The number of carbonyl (C=O) groups excluding carboxylic acids is 1. The van der Waals surface area contributed by atoms with Gasteiger partial charge in [0, 0.05) is 6.42 Å². The van der Waals surface area contributed by atoms with Gasteiger partial charge in [0.25, 0.3) is 0 Å². The Morgan fingerprint density at radius 1 is 1.73 bits per heavy atom. The lowest BCUT2D eigenvalue weighted by Crippen LogP contribution is -2.16. The van der Waals surface area contributed by atoms with E-state index in [2.05, 4.69) is 0 Å². The van der Waals surface area contributed by atoms with Crippen molar-refractivity contribution in [2.75, 3.05) is 13.2 Å². The van der Waals surface area contributed by atoms with Gasteiger partial charge in [-0.2, -0.15) is 0 Å². The topological polar surface area (TPSA) is 72.6 Å². The SMILES string of the molecule is CC1CC=C(OCCO)C=C1CC(N)=O. The van der Waals surface area contributed by atoms with Crippen molar-refractivity contribution >= 4 is 5.91 Å². The Morgan fingerprint density at radius 3 is 3.07 bits per heavy atom. The molecule has 84 valence electrons. The number of amides is 1. The van der Waals surface area contributed by atoms with Crippen LogP contribution < -0.4 is 5.73 Å². The van der Waals surface area contributed by atoms with E-state index >= 15 is 0 Å². The Morgan fingerprint density at radius 2 is 2.47 bits per heavy atom. The van der Waals surface area contributed by atoms with Crippen LogP contribution in [-0.2, 0) is 9.53 Å². The van der Waals surface area contributed by atoms with Crippen molar-refractivity contribution in [1.29, 1.82) is 0 Å². The minimum Gasteiger partial charge on any atom is -0.492 e. The van der Waals surface area contributed by atoms with Gasteiger partial charge < -0.3 is 15.6 Å². The Balaban J connectivity index is 2.62. The zero-order valence-corrected chi connectivity index (χ0v) is 8.90. The van der Waals surface area contributed by atoms with Gasteiger partial charge in [-0.25, -0.2) is 0 Å². The molecule has 0 aromatic carbocycles. The molecule has 0 fully saturated rings. The highest BCUT2D eigenvalue weighted by Gasteiger charge is 2.15. The molecule has 0 aromatic heterocycles. The molecular formula is C11H17NO3. The summed E-state index contributed by atoms with van der Waals surface area (Å²) in [6.07, 6.45) is 4.93. The summed E-state index contributed by atoms with van der Waals surface area (Å²) in [5, 5.41) is 8.61. The van der Waals surface area contributed by atoms with E-state index in [1.54, 1.807) is 0 Å². The number of aliphatic hydroxyl groups excluding tert-OH is 1. The molecule has 0 radical (unpaired) electrons. The predicted molar refractivity (Wildman–Crippen MR) is 56.8 cm³/mol. The van der Waals surface area contributed by atoms with Crippen LogP contribution in [-0.4, -0.2) is 24.2 Å². The molecule has 1 aliphatic rings. The molecule has 0 spiro atoms. The normalized spacial score (nSPS) is 20.5. The minimum atomic E-state index is -0.323. The van der Waals surface area contributed by atoms with Gasteiger partial charge in [-0.05, 0) is 24.5 Å². The third-order valence-corrected chi connectivity index (χ3v) is 2.37. The van der Waals surface area contributed by atoms with Crippen molar-refractivity contribution in [1.82, 2.24) is 0 Å². The number of nitrogens with two attached hydrogens (primary N) is 1. The highest BCUT2D eigenvalue weighted by Crippen LogP contribution is 2.26. The fraction of sp³-hybridized carbons (Fsp3) is 0.545. The van der Waals surface area contributed by atoms with Gasteiger partial charge >= 0.3 is 0 Å². The number of carbonyl (C=O) groups is 1. The molecule has 0 aromatic rings. The quantitative estimate of drug-likeness (QED) is 0.703. The molecular weight excluding hydrogens is 194 g/mol. The average Bonchev–Trinajstić information content (AvgIpc) is 2.18. The number of ether oxygens (including phenoxy) is 1. The number of primary amides is 1. The Hall–Kier alpha value is -1.29.